The summed E-state index contributed by atoms with van der Waals surface area (Å²) in [6, 6.07) is 6.11. The van der Waals surface area contributed by atoms with E-state index in [9.17, 15) is 14.0 Å². The number of rotatable bonds is 4. The SMILES string of the molecule is C[C@@H]1CCc2c(sc3ncn(CC(=O)N/N=C\c4ccccc4F)c(=O)c23)C1. The van der Waals surface area contributed by atoms with Crippen molar-refractivity contribution in [1.29, 1.82) is 0 Å². The molecule has 0 spiro atoms. The molecule has 0 aliphatic heterocycles. The van der Waals surface area contributed by atoms with E-state index in [-0.39, 0.29) is 17.7 Å². The Balaban J connectivity index is 1.52. The summed E-state index contributed by atoms with van der Waals surface area (Å²) < 4.78 is 14.8. The molecular weight excluding hydrogens is 379 g/mol. The molecule has 1 N–H and O–H groups in total. The predicted molar refractivity (Wildman–Crippen MR) is 107 cm³/mol. The zero-order chi connectivity index (χ0) is 19.7. The molecule has 0 unspecified atom stereocenters. The van der Waals surface area contributed by atoms with E-state index in [0.717, 1.165) is 29.7 Å². The smallest absolute Gasteiger partial charge is 0.262 e. The number of hydrazone groups is 1. The van der Waals surface area contributed by atoms with Crippen LogP contribution in [0.1, 0.15) is 29.3 Å². The fraction of sp³-hybridized carbons (Fsp3) is 0.300. The second-order valence-corrected chi connectivity index (χ2v) is 8.11. The molecule has 8 heteroatoms. The van der Waals surface area contributed by atoms with Crippen LogP contribution in [0.3, 0.4) is 0 Å². The van der Waals surface area contributed by atoms with Crippen molar-refractivity contribution in [2.24, 2.45) is 11.0 Å². The lowest BCUT2D eigenvalue weighted by Crippen LogP contribution is -2.30. The Morgan fingerprint density at radius 2 is 2.29 bits per heavy atom. The first-order valence-corrected chi connectivity index (χ1v) is 9.90. The van der Waals surface area contributed by atoms with E-state index < -0.39 is 11.7 Å². The van der Waals surface area contributed by atoms with E-state index >= 15 is 0 Å². The topological polar surface area (TPSA) is 76.3 Å². The van der Waals surface area contributed by atoms with Gasteiger partial charge in [-0.25, -0.2) is 14.8 Å². The van der Waals surface area contributed by atoms with Crippen LogP contribution in [-0.2, 0) is 24.2 Å². The van der Waals surface area contributed by atoms with Gasteiger partial charge in [0, 0.05) is 10.4 Å². The van der Waals surface area contributed by atoms with Crippen molar-refractivity contribution in [3.05, 3.63) is 62.8 Å². The third-order valence-electron chi connectivity index (χ3n) is 4.89. The van der Waals surface area contributed by atoms with Crippen LogP contribution in [0.2, 0.25) is 0 Å². The minimum Gasteiger partial charge on any atom is -0.289 e. The highest BCUT2D eigenvalue weighted by atomic mass is 32.1. The first-order valence-electron chi connectivity index (χ1n) is 9.09. The number of hydrogen-bond donors (Lipinski definition) is 1. The van der Waals surface area contributed by atoms with E-state index in [1.54, 1.807) is 29.5 Å². The lowest BCUT2D eigenvalue weighted by Gasteiger charge is -2.17. The third-order valence-corrected chi connectivity index (χ3v) is 6.06. The molecule has 6 nitrogen and oxygen atoms in total. The van der Waals surface area contributed by atoms with Gasteiger partial charge in [-0.3, -0.25) is 14.2 Å². The van der Waals surface area contributed by atoms with Gasteiger partial charge in [-0.1, -0.05) is 25.1 Å². The Morgan fingerprint density at radius 3 is 3.11 bits per heavy atom. The van der Waals surface area contributed by atoms with Crippen LogP contribution in [0.15, 0.2) is 40.5 Å². The molecule has 2 heterocycles. The normalized spacial score (nSPS) is 16.4. The highest BCUT2D eigenvalue weighted by Crippen LogP contribution is 2.35. The van der Waals surface area contributed by atoms with E-state index in [0.29, 0.717) is 11.3 Å². The minimum absolute atomic E-state index is 0.197. The molecule has 0 fully saturated rings. The molecule has 1 aliphatic carbocycles. The monoisotopic (exact) mass is 398 g/mol. The number of aryl methyl sites for hydroxylation is 1. The molecule has 1 atom stereocenters. The highest BCUT2D eigenvalue weighted by molar-refractivity contribution is 7.18. The quantitative estimate of drug-likeness (QED) is 0.542. The number of aromatic nitrogens is 2. The van der Waals surface area contributed by atoms with Crippen LogP contribution in [0.4, 0.5) is 4.39 Å². The zero-order valence-electron chi connectivity index (χ0n) is 15.3. The molecule has 0 radical (unpaired) electrons. The first kappa shape index (κ1) is 18.5. The van der Waals surface area contributed by atoms with E-state index in [2.05, 4.69) is 22.4 Å². The molecule has 28 heavy (non-hydrogen) atoms. The second-order valence-electron chi connectivity index (χ2n) is 7.02. The summed E-state index contributed by atoms with van der Waals surface area (Å²) >= 11 is 1.57. The van der Waals surface area contributed by atoms with Gasteiger partial charge in [0.2, 0.25) is 0 Å². The van der Waals surface area contributed by atoms with Gasteiger partial charge in [0.25, 0.3) is 11.5 Å². The maximum absolute atomic E-state index is 13.5. The van der Waals surface area contributed by atoms with Crippen LogP contribution in [0, 0.1) is 11.7 Å². The number of thiophene rings is 1. The lowest BCUT2D eigenvalue weighted by molar-refractivity contribution is -0.121. The molecule has 0 saturated heterocycles. The number of halogens is 1. The van der Waals surface area contributed by atoms with Crippen LogP contribution in [-0.4, -0.2) is 21.7 Å². The second kappa shape index (κ2) is 7.63. The van der Waals surface area contributed by atoms with Crippen LogP contribution < -0.4 is 11.0 Å². The summed E-state index contributed by atoms with van der Waals surface area (Å²) in [5.41, 5.74) is 3.47. The number of nitrogens with zero attached hydrogens (tertiary/aromatic N) is 3. The number of fused-ring (bicyclic) bond motifs is 3. The van der Waals surface area contributed by atoms with Gasteiger partial charge in [-0.15, -0.1) is 11.3 Å². The lowest BCUT2D eigenvalue weighted by atomic mass is 9.89. The van der Waals surface area contributed by atoms with Gasteiger partial charge in [-0.05, 0) is 36.8 Å². The number of carbonyl (C=O) groups excluding carboxylic acids is 1. The van der Waals surface area contributed by atoms with Crippen LogP contribution in [0.25, 0.3) is 10.2 Å². The summed E-state index contributed by atoms with van der Waals surface area (Å²) in [6.07, 6.45) is 5.53. The Hall–Kier alpha value is -2.87. The van der Waals surface area contributed by atoms with Gasteiger partial charge < -0.3 is 0 Å². The van der Waals surface area contributed by atoms with Gasteiger partial charge in [0.05, 0.1) is 17.9 Å². The summed E-state index contributed by atoms with van der Waals surface area (Å²) in [7, 11) is 0. The fourth-order valence-electron chi connectivity index (χ4n) is 3.42. The molecule has 144 valence electrons. The van der Waals surface area contributed by atoms with Crippen LogP contribution in [0.5, 0.6) is 0 Å². The van der Waals surface area contributed by atoms with Gasteiger partial charge >= 0.3 is 0 Å². The Morgan fingerprint density at radius 1 is 1.46 bits per heavy atom. The minimum atomic E-state index is -0.478. The molecule has 0 saturated carbocycles. The van der Waals surface area contributed by atoms with Crippen molar-refractivity contribution in [2.75, 3.05) is 0 Å². The molecule has 1 amide bonds. The van der Waals surface area contributed by atoms with Gasteiger partial charge in [-0.2, -0.15) is 5.10 Å². The highest BCUT2D eigenvalue weighted by Gasteiger charge is 2.23. The number of hydrogen-bond acceptors (Lipinski definition) is 5. The van der Waals surface area contributed by atoms with Crippen molar-refractivity contribution in [3.63, 3.8) is 0 Å². The maximum Gasteiger partial charge on any atom is 0.262 e. The first-order chi connectivity index (χ1) is 13.5. The van der Waals surface area contributed by atoms with Crippen molar-refractivity contribution in [2.45, 2.75) is 32.7 Å². The van der Waals surface area contributed by atoms with Crippen molar-refractivity contribution >= 4 is 33.7 Å². The van der Waals surface area contributed by atoms with E-state index in [4.69, 9.17) is 0 Å². The molecule has 1 aromatic carbocycles. The molecule has 4 rings (SSSR count). The number of nitrogens with one attached hydrogen (secondary N) is 1. The Labute approximate surface area is 164 Å². The molecular formula is C20H19FN4O2S. The van der Waals surface area contributed by atoms with Crippen LogP contribution >= 0.6 is 11.3 Å². The zero-order valence-corrected chi connectivity index (χ0v) is 16.1. The molecule has 0 bridgehead atoms. The maximum atomic E-state index is 13.5. The summed E-state index contributed by atoms with van der Waals surface area (Å²) in [5.74, 6) is -0.294. The number of benzene rings is 1. The summed E-state index contributed by atoms with van der Waals surface area (Å²) in [6.45, 7) is 2.02. The van der Waals surface area contributed by atoms with E-state index in [1.165, 1.54) is 28.1 Å². The summed E-state index contributed by atoms with van der Waals surface area (Å²) in [4.78, 5) is 31.4. The largest absolute Gasteiger partial charge is 0.289 e. The average Bonchev–Trinajstić information content (AvgIpc) is 3.04. The fourth-order valence-corrected chi connectivity index (χ4v) is 4.76. The Bertz CT molecular complexity index is 1130. The van der Waals surface area contributed by atoms with Gasteiger partial charge in [0.1, 0.15) is 17.2 Å². The van der Waals surface area contributed by atoms with Crippen molar-refractivity contribution < 1.29 is 9.18 Å². The van der Waals surface area contributed by atoms with Gasteiger partial charge in [0.15, 0.2) is 0 Å². The Kier molecular flexibility index (Phi) is 5.04. The van der Waals surface area contributed by atoms with Crippen molar-refractivity contribution in [3.8, 4) is 0 Å². The number of carbonyl (C=O) groups is 1. The van der Waals surface area contributed by atoms with Crippen molar-refractivity contribution in [1.82, 2.24) is 15.0 Å². The average molecular weight is 398 g/mol. The predicted octanol–water partition coefficient (Wildman–Crippen LogP) is 2.87. The molecule has 3 aromatic rings. The standard InChI is InChI=1S/C20H19FN4O2S/c1-12-6-7-14-16(8-12)28-19-18(14)20(27)25(11-22-19)10-17(26)24-23-9-13-4-2-3-5-15(13)21/h2-5,9,11-12H,6-8,10H2,1H3,(H,24,26)/b23-9-/t12-/m1/s1. The molecule has 2 aromatic heterocycles. The summed E-state index contributed by atoms with van der Waals surface area (Å²) in [5, 5.41) is 4.40. The molecule has 1 aliphatic rings. The third kappa shape index (κ3) is 3.60. The number of amides is 1. The van der Waals surface area contributed by atoms with E-state index in [1.807, 2.05) is 0 Å².